The Morgan fingerprint density at radius 1 is 1.32 bits per heavy atom. The quantitative estimate of drug-likeness (QED) is 0.738. The summed E-state index contributed by atoms with van der Waals surface area (Å²) in [5.41, 5.74) is 1.50. The Kier molecular flexibility index (Phi) is 5.82. The zero-order chi connectivity index (χ0) is 20.6. The highest BCUT2D eigenvalue weighted by Gasteiger charge is 2.30. The van der Waals surface area contributed by atoms with E-state index in [1.54, 1.807) is 18.2 Å². The fraction of sp³-hybridized carbons (Fsp3) is 0.600. The topological polar surface area (TPSA) is 75.5 Å². The van der Waals surface area contributed by atoms with Gasteiger partial charge < -0.3 is 9.47 Å². The molecule has 1 fully saturated rings. The smallest absolute Gasteiger partial charge is 0.242 e. The molecule has 0 unspecified atom stereocenters. The van der Waals surface area contributed by atoms with Crippen molar-refractivity contribution in [2.45, 2.75) is 50.5 Å². The van der Waals surface area contributed by atoms with Gasteiger partial charge in [0.05, 0.1) is 15.9 Å². The molecule has 0 aliphatic carbocycles. The number of imidazole rings is 1. The van der Waals surface area contributed by atoms with Gasteiger partial charge in [0, 0.05) is 46.6 Å². The van der Waals surface area contributed by atoms with Gasteiger partial charge in [0.1, 0.15) is 5.82 Å². The Morgan fingerprint density at radius 3 is 2.68 bits per heavy atom. The highest BCUT2D eigenvalue weighted by atomic mass is 32.2. The van der Waals surface area contributed by atoms with E-state index in [1.807, 2.05) is 16.5 Å². The zero-order valence-corrected chi connectivity index (χ0v) is 18.2. The van der Waals surface area contributed by atoms with Crippen LogP contribution in [0.2, 0.25) is 0 Å². The maximum absolute atomic E-state index is 12.7. The van der Waals surface area contributed by atoms with E-state index in [2.05, 4.69) is 18.8 Å². The average Bonchev–Trinajstić information content (AvgIpc) is 3.24. The van der Waals surface area contributed by atoms with Crippen LogP contribution in [-0.4, -0.2) is 59.8 Å². The summed E-state index contributed by atoms with van der Waals surface area (Å²) >= 11 is 0. The molecule has 1 aromatic carbocycles. The first-order chi connectivity index (χ1) is 13.1. The van der Waals surface area contributed by atoms with Gasteiger partial charge in [-0.15, -0.1) is 0 Å². The van der Waals surface area contributed by atoms with Crippen molar-refractivity contribution in [3.8, 4) is 0 Å². The Balaban J connectivity index is 1.79. The molecule has 1 atom stereocenters. The number of benzene rings is 1. The molecule has 1 aromatic heterocycles. The Hall–Kier alpha value is -1.93. The molecule has 3 rings (SSSR count). The van der Waals surface area contributed by atoms with Crippen molar-refractivity contribution in [3.63, 3.8) is 0 Å². The molecule has 8 heteroatoms. The van der Waals surface area contributed by atoms with E-state index in [4.69, 9.17) is 0 Å². The fourth-order valence-corrected chi connectivity index (χ4v) is 4.90. The second kappa shape index (κ2) is 7.83. The first-order valence-electron chi connectivity index (χ1n) is 9.80. The molecule has 0 saturated carbocycles. The standard InChI is InChI=1S/C20H30N4O3S/c1-14(2)17-7-6-12-24(17)20(25)11-10-19-21-16-13-15(28(26,27)22(3)4)8-9-18(16)23(19)5/h8-9,13-14,17H,6-7,10-12H2,1-5H3/t17-/m0/s1. The first-order valence-corrected chi connectivity index (χ1v) is 11.2. The number of hydrogen-bond donors (Lipinski definition) is 0. The third-order valence-corrected chi connectivity index (χ3v) is 7.49. The summed E-state index contributed by atoms with van der Waals surface area (Å²) in [6, 6.07) is 5.32. The molecule has 0 spiro atoms. The summed E-state index contributed by atoms with van der Waals surface area (Å²) in [5, 5.41) is 0. The van der Waals surface area contributed by atoms with E-state index < -0.39 is 10.0 Å². The number of aromatic nitrogens is 2. The molecule has 1 saturated heterocycles. The second-order valence-electron chi connectivity index (χ2n) is 8.07. The molecule has 0 radical (unpaired) electrons. The van der Waals surface area contributed by atoms with Crippen molar-refractivity contribution in [1.82, 2.24) is 18.8 Å². The number of amides is 1. The lowest BCUT2D eigenvalue weighted by atomic mass is 10.0. The lowest BCUT2D eigenvalue weighted by molar-refractivity contribution is -0.132. The number of rotatable bonds is 6. The molecule has 154 valence electrons. The predicted octanol–water partition coefficient (Wildman–Crippen LogP) is 2.40. The van der Waals surface area contributed by atoms with E-state index >= 15 is 0 Å². The van der Waals surface area contributed by atoms with Crippen LogP contribution in [0.1, 0.15) is 38.9 Å². The van der Waals surface area contributed by atoms with Crippen LogP contribution in [0.15, 0.2) is 23.1 Å². The molecular formula is C20H30N4O3S. The molecule has 1 amide bonds. The van der Waals surface area contributed by atoms with Crippen LogP contribution in [0.4, 0.5) is 0 Å². The normalized spacial score (nSPS) is 18.0. The lowest BCUT2D eigenvalue weighted by Gasteiger charge is -2.27. The van der Waals surface area contributed by atoms with Crippen LogP contribution in [-0.2, 0) is 28.3 Å². The Morgan fingerprint density at radius 2 is 2.04 bits per heavy atom. The monoisotopic (exact) mass is 406 g/mol. The maximum atomic E-state index is 12.7. The van der Waals surface area contributed by atoms with Crippen molar-refractivity contribution in [2.24, 2.45) is 13.0 Å². The third kappa shape index (κ3) is 3.80. The molecule has 2 aromatic rings. The predicted molar refractivity (Wildman–Crippen MR) is 109 cm³/mol. The summed E-state index contributed by atoms with van der Waals surface area (Å²) in [4.78, 5) is 19.6. The van der Waals surface area contributed by atoms with Crippen LogP contribution in [0, 0.1) is 5.92 Å². The van der Waals surface area contributed by atoms with Gasteiger partial charge in [-0.1, -0.05) is 13.8 Å². The highest BCUT2D eigenvalue weighted by molar-refractivity contribution is 7.89. The summed E-state index contributed by atoms with van der Waals surface area (Å²) in [6.07, 6.45) is 3.12. The van der Waals surface area contributed by atoms with Crippen molar-refractivity contribution < 1.29 is 13.2 Å². The van der Waals surface area contributed by atoms with Gasteiger partial charge in [-0.3, -0.25) is 4.79 Å². The molecule has 1 aliphatic rings. The number of fused-ring (bicyclic) bond motifs is 1. The second-order valence-corrected chi connectivity index (χ2v) is 10.2. The van der Waals surface area contributed by atoms with Crippen LogP contribution in [0.3, 0.4) is 0 Å². The number of sulfonamides is 1. The molecule has 0 bridgehead atoms. The number of carbonyl (C=O) groups excluding carboxylic acids is 1. The number of aryl methyl sites for hydroxylation is 2. The molecule has 28 heavy (non-hydrogen) atoms. The minimum atomic E-state index is -3.50. The number of hydrogen-bond acceptors (Lipinski definition) is 4. The molecule has 7 nitrogen and oxygen atoms in total. The number of nitrogens with zero attached hydrogens (tertiary/aromatic N) is 4. The highest BCUT2D eigenvalue weighted by Crippen LogP contribution is 2.25. The van der Waals surface area contributed by atoms with Crippen molar-refractivity contribution in [1.29, 1.82) is 0 Å². The van der Waals surface area contributed by atoms with Crippen molar-refractivity contribution in [3.05, 3.63) is 24.0 Å². The summed E-state index contributed by atoms with van der Waals surface area (Å²) in [6.45, 7) is 5.18. The van der Waals surface area contributed by atoms with E-state index in [-0.39, 0.29) is 10.8 Å². The third-order valence-electron chi connectivity index (χ3n) is 5.68. The molecular weight excluding hydrogens is 376 g/mol. The largest absolute Gasteiger partial charge is 0.339 e. The van der Waals surface area contributed by atoms with E-state index in [0.29, 0.717) is 30.3 Å². The number of likely N-dealkylation sites (tertiary alicyclic amines) is 1. The summed E-state index contributed by atoms with van der Waals surface area (Å²) in [7, 11) is 1.43. The van der Waals surface area contributed by atoms with Crippen LogP contribution < -0.4 is 0 Å². The zero-order valence-electron chi connectivity index (χ0n) is 17.3. The molecule has 1 aliphatic heterocycles. The van der Waals surface area contributed by atoms with Crippen LogP contribution in [0.25, 0.3) is 11.0 Å². The van der Waals surface area contributed by atoms with Gasteiger partial charge in [0.25, 0.3) is 0 Å². The Bertz CT molecular complexity index is 979. The molecule has 2 heterocycles. The summed E-state index contributed by atoms with van der Waals surface area (Å²) in [5.74, 6) is 1.45. The van der Waals surface area contributed by atoms with Gasteiger partial charge in [0.2, 0.25) is 15.9 Å². The SMILES string of the molecule is CC(C)[C@@H]1CCCN1C(=O)CCc1nc2cc(S(=O)(=O)N(C)C)ccc2n1C. The summed E-state index contributed by atoms with van der Waals surface area (Å²) < 4.78 is 27.8. The van der Waals surface area contributed by atoms with Gasteiger partial charge in [-0.05, 0) is 37.0 Å². The van der Waals surface area contributed by atoms with Gasteiger partial charge in [-0.2, -0.15) is 0 Å². The average molecular weight is 407 g/mol. The van der Waals surface area contributed by atoms with Crippen LogP contribution in [0.5, 0.6) is 0 Å². The Labute approximate surface area is 167 Å². The van der Waals surface area contributed by atoms with Gasteiger partial charge >= 0.3 is 0 Å². The lowest BCUT2D eigenvalue weighted by Crippen LogP contribution is -2.38. The minimum absolute atomic E-state index is 0.180. The van der Waals surface area contributed by atoms with E-state index in [9.17, 15) is 13.2 Å². The van der Waals surface area contributed by atoms with E-state index in [1.165, 1.54) is 18.4 Å². The minimum Gasteiger partial charge on any atom is -0.339 e. The van der Waals surface area contributed by atoms with Crippen molar-refractivity contribution >= 4 is 27.0 Å². The van der Waals surface area contributed by atoms with Crippen molar-refractivity contribution in [2.75, 3.05) is 20.6 Å². The van der Waals surface area contributed by atoms with Gasteiger partial charge in [0.15, 0.2) is 0 Å². The molecule has 0 N–H and O–H groups in total. The van der Waals surface area contributed by atoms with Gasteiger partial charge in [-0.25, -0.2) is 17.7 Å². The maximum Gasteiger partial charge on any atom is 0.242 e. The first kappa shape index (κ1) is 20.8. The van der Waals surface area contributed by atoms with E-state index in [0.717, 1.165) is 30.7 Å². The fourth-order valence-electron chi connectivity index (χ4n) is 3.98. The van der Waals surface area contributed by atoms with Crippen LogP contribution >= 0.6 is 0 Å². The number of carbonyl (C=O) groups is 1.